The number of aliphatic hydroxyl groups excluding tert-OH is 7. The van der Waals surface area contributed by atoms with Crippen molar-refractivity contribution < 1.29 is 69.4 Å². The zero-order chi connectivity index (χ0) is 29.7. The Labute approximate surface area is 232 Å². The van der Waals surface area contributed by atoms with Gasteiger partial charge in [0.15, 0.2) is 12.1 Å². The molecule has 2 aromatic carbocycles. The monoisotopic (exact) mass is 578 g/mol. The van der Waals surface area contributed by atoms with Crippen molar-refractivity contribution in [3.05, 3.63) is 58.1 Å². The second-order valence-electron chi connectivity index (χ2n) is 10.2. The van der Waals surface area contributed by atoms with Crippen LogP contribution in [0.15, 0.2) is 30.3 Å². The molecule has 0 unspecified atom stereocenters. The molecule has 2 saturated heterocycles. The Hall–Kier alpha value is -3.02. The molecule has 5 rings (SSSR count). The van der Waals surface area contributed by atoms with Gasteiger partial charge in [0.2, 0.25) is 12.1 Å². The van der Waals surface area contributed by atoms with E-state index in [1.807, 2.05) is 0 Å². The molecule has 14 heteroatoms. The van der Waals surface area contributed by atoms with Crippen molar-refractivity contribution in [1.82, 2.24) is 0 Å². The number of aliphatic hydroxyl groups is 7. The molecule has 0 aromatic heterocycles. The Balaban J connectivity index is 1.38. The summed E-state index contributed by atoms with van der Waals surface area (Å²) in [5, 5.41) is 81.4. The van der Waals surface area contributed by atoms with E-state index in [4.69, 9.17) is 18.9 Å². The summed E-state index contributed by atoms with van der Waals surface area (Å²) in [5.41, 5.74) is 0.107. The van der Waals surface area contributed by atoms with Gasteiger partial charge in [-0.2, -0.15) is 0 Å². The highest BCUT2D eigenvalue weighted by Gasteiger charge is 2.48. The summed E-state index contributed by atoms with van der Waals surface area (Å²) in [7, 11) is 0. The minimum Gasteiger partial charge on any atom is -0.507 e. The van der Waals surface area contributed by atoms with Crippen molar-refractivity contribution in [2.45, 2.75) is 68.3 Å². The summed E-state index contributed by atoms with van der Waals surface area (Å²) in [6.07, 6.45) is -16.4. The lowest BCUT2D eigenvalue weighted by atomic mass is 9.82. The summed E-state index contributed by atoms with van der Waals surface area (Å²) in [5.74, 6) is -1.84. The Morgan fingerprint density at radius 2 is 1.39 bits per heavy atom. The normalized spacial score (nSPS) is 35.1. The van der Waals surface area contributed by atoms with E-state index in [0.717, 1.165) is 0 Å². The number of hydrogen-bond acceptors (Lipinski definition) is 14. The van der Waals surface area contributed by atoms with Crippen molar-refractivity contribution in [1.29, 1.82) is 0 Å². The zero-order valence-corrected chi connectivity index (χ0v) is 21.6. The summed E-state index contributed by atoms with van der Waals surface area (Å²) >= 11 is 0. The van der Waals surface area contributed by atoms with E-state index < -0.39 is 91.9 Å². The lowest BCUT2D eigenvalue weighted by Gasteiger charge is -2.42. The molecule has 8 N–H and O–H groups in total. The molecule has 2 fully saturated rings. The van der Waals surface area contributed by atoms with Gasteiger partial charge in [-0.1, -0.05) is 12.1 Å². The van der Waals surface area contributed by atoms with E-state index in [9.17, 15) is 50.4 Å². The van der Waals surface area contributed by atoms with Crippen LogP contribution in [0.25, 0.3) is 0 Å². The first-order chi connectivity index (χ1) is 19.4. The third kappa shape index (κ3) is 5.12. The van der Waals surface area contributed by atoms with Gasteiger partial charge in [-0.05, 0) is 30.7 Å². The van der Waals surface area contributed by atoms with Crippen LogP contribution in [0.1, 0.15) is 37.4 Å². The smallest absolute Gasteiger partial charge is 0.229 e. The van der Waals surface area contributed by atoms with Crippen molar-refractivity contribution in [3.63, 3.8) is 0 Å². The maximum absolute atomic E-state index is 13.4. The lowest BCUT2D eigenvalue weighted by molar-refractivity contribution is -0.323. The lowest BCUT2D eigenvalue weighted by Crippen LogP contribution is -2.62. The third-order valence-electron chi connectivity index (χ3n) is 7.42. The van der Waals surface area contributed by atoms with Crippen molar-refractivity contribution in [3.8, 4) is 11.5 Å². The van der Waals surface area contributed by atoms with Crippen molar-refractivity contribution in [2.75, 3.05) is 13.2 Å². The molecular weight excluding hydrogens is 548 g/mol. The van der Waals surface area contributed by atoms with Gasteiger partial charge < -0.3 is 59.8 Å². The minimum atomic E-state index is -1.83. The molecule has 2 aliphatic heterocycles. The van der Waals surface area contributed by atoms with Crippen LogP contribution in [0.4, 0.5) is 0 Å². The Kier molecular flexibility index (Phi) is 8.15. The fourth-order valence-electron chi connectivity index (χ4n) is 5.17. The number of phenolic OH excluding ortho intramolecular Hbond substituents is 1. The largest absolute Gasteiger partial charge is 0.507 e. The number of phenols is 1. The minimum absolute atomic E-state index is 0.00326. The van der Waals surface area contributed by atoms with Gasteiger partial charge in [-0.15, -0.1) is 0 Å². The van der Waals surface area contributed by atoms with Gasteiger partial charge >= 0.3 is 0 Å². The summed E-state index contributed by atoms with van der Waals surface area (Å²) in [6.45, 7) is 0.354. The topological polar surface area (TPSA) is 233 Å². The molecule has 0 bridgehead atoms. The standard InChI is InChI=1S/C27H30O14/c1-9-5-11-17(21(33)16-10(18(11)30)3-2-4-12(16)29)13(6-9)39-27-25(37)23(35)20(32)15(41-27)8-38-26-24(36)22(34)19(31)14(7-28)40-26/h2-6,14-15,19-20,22-29,31-32,34-37H,7-8H2,1H3/t14-,15-,19-,20-,22+,23+,24-,25-,26+,27+/m1/s1. The number of aryl methyl sites for hydroxylation is 1. The van der Waals surface area contributed by atoms with E-state index in [1.165, 1.54) is 30.3 Å². The second-order valence-corrected chi connectivity index (χ2v) is 10.2. The second kappa shape index (κ2) is 11.3. The van der Waals surface area contributed by atoms with E-state index in [-0.39, 0.29) is 28.0 Å². The number of ether oxygens (including phenoxy) is 4. The summed E-state index contributed by atoms with van der Waals surface area (Å²) in [6, 6.07) is 6.98. The number of hydrogen-bond donors (Lipinski definition) is 8. The number of ketones is 2. The number of carbonyl (C=O) groups excluding carboxylic acids is 2. The van der Waals surface area contributed by atoms with Gasteiger partial charge in [-0.25, -0.2) is 0 Å². The molecule has 41 heavy (non-hydrogen) atoms. The third-order valence-corrected chi connectivity index (χ3v) is 7.42. The molecule has 3 aliphatic rings. The Morgan fingerprint density at radius 3 is 2.07 bits per heavy atom. The molecule has 2 aromatic rings. The molecule has 14 nitrogen and oxygen atoms in total. The molecule has 0 saturated carbocycles. The van der Waals surface area contributed by atoms with Crippen LogP contribution in [0.5, 0.6) is 11.5 Å². The zero-order valence-electron chi connectivity index (χ0n) is 21.6. The van der Waals surface area contributed by atoms with Crippen LogP contribution in [-0.2, 0) is 14.2 Å². The predicted octanol–water partition coefficient (Wildman–Crippen LogP) is -2.52. The Morgan fingerprint density at radius 1 is 0.756 bits per heavy atom. The summed E-state index contributed by atoms with van der Waals surface area (Å²) in [4.78, 5) is 26.6. The van der Waals surface area contributed by atoms with E-state index in [1.54, 1.807) is 6.92 Å². The fraction of sp³-hybridized carbons (Fsp3) is 0.481. The molecule has 0 radical (unpaired) electrons. The van der Waals surface area contributed by atoms with Crippen molar-refractivity contribution >= 4 is 11.6 Å². The molecular formula is C27H30O14. The summed E-state index contributed by atoms with van der Waals surface area (Å²) < 4.78 is 22.1. The van der Waals surface area contributed by atoms with Crippen LogP contribution < -0.4 is 4.74 Å². The maximum Gasteiger partial charge on any atom is 0.229 e. The highest BCUT2D eigenvalue weighted by molar-refractivity contribution is 6.30. The van der Waals surface area contributed by atoms with Gasteiger partial charge in [-0.3, -0.25) is 9.59 Å². The van der Waals surface area contributed by atoms with Crippen molar-refractivity contribution in [2.24, 2.45) is 0 Å². The molecule has 0 spiro atoms. The Bertz CT molecular complexity index is 1330. The molecule has 1 aliphatic carbocycles. The quantitative estimate of drug-likeness (QED) is 0.151. The fourth-order valence-corrected chi connectivity index (χ4v) is 5.17. The SMILES string of the molecule is Cc1cc(O[C@H]2O[C@H](CO[C@H]3O[C@H](CO)[C@@H](O)[C@H](O)[C@H]3O)[C@@H](O)[C@H](O)[C@H]2O)c2c(c1)C(=O)c1cccc(O)c1C2=O. The molecule has 0 amide bonds. The number of carbonyl (C=O) groups is 2. The first-order valence-corrected chi connectivity index (χ1v) is 12.8. The number of fused-ring (bicyclic) bond motifs is 2. The van der Waals surface area contributed by atoms with Crippen LogP contribution >= 0.6 is 0 Å². The van der Waals surface area contributed by atoms with Gasteiger partial charge in [0, 0.05) is 11.1 Å². The van der Waals surface area contributed by atoms with Gasteiger partial charge in [0.25, 0.3) is 0 Å². The molecule has 2 heterocycles. The van der Waals surface area contributed by atoms with Crippen LogP contribution in [0, 0.1) is 6.92 Å². The van der Waals surface area contributed by atoms with Crippen LogP contribution in [-0.4, -0.2) is 127 Å². The van der Waals surface area contributed by atoms with E-state index in [2.05, 4.69) is 0 Å². The predicted molar refractivity (Wildman–Crippen MR) is 133 cm³/mol. The molecule has 10 atom stereocenters. The number of rotatable bonds is 6. The number of aromatic hydroxyl groups is 1. The maximum atomic E-state index is 13.4. The first-order valence-electron chi connectivity index (χ1n) is 12.8. The van der Waals surface area contributed by atoms with Gasteiger partial charge in [0.05, 0.1) is 24.3 Å². The first kappa shape index (κ1) is 29.5. The highest BCUT2D eigenvalue weighted by atomic mass is 16.7. The average Bonchev–Trinajstić information content (AvgIpc) is 2.94. The average molecular weight is 579 g/mol. The highest BCUT2D eigenvalue weighted by Crippen LogP contribution is 2.39. The van der Waals surface area contributed by atoms with Crippen LogP contribution in [0.2, 0.25) is 0 Å². The van der Waals surface area contributed by atoms with E-state index in [0.29, 0.717) is 5.56 Å². The molecule has 222 valence electrons. The van der Waals surface area contributed by atoms with Crippen LogP contribution in [0.3, 0.4) is 0 Å². The number of benzene rings is 2. The van der Waals surface area contributed by atoms with Gasteiger partial charge in [0.1, 0.15) is 60.3 Å². The van der Waals surface area contributed by atoms with E-state index >= 15 is 0 Å².